The average molecular weight is 304 g/mol. The van der Waals surface area contributed by atoms with Crippen molar-refractivity contribution in [2.45, 2.75) is 23.8 Å². The van der Waals surface area contributed by atoms with Crippen molar-refractivity contribution in [3.63, 3.8) is 0 Å². The van der Waals surface area contributed by atoms with E-state index in [2.05, 4.69) is 14.8 Å². The van der Waals surface area contributed by atoms with Gasteiger partial charge >= 0.3 is 5.97 Å². The smallest absolute Gasteiger partial charge is 0.349 e. The summed E-state index contributed by atoms with van der Waals surface area (Å²) in [7, 11) is -2.45. The highest BCUT2D eigenvalue weighted by Gasteiger charge is 2.27. The van der Waals surface area contributed by atoms with Crippen LogP contribution in [0.4, 0.5) is 0 Å². The van der Waals surface area contributed by atoms with Crippen LogP contribution in [-0.4, -0.2) is 40.6 Å². The fourth-order valence-electron chi connectivity index (χ4n) is 1.99. The van der Waals surface area contributed by atoms with Gasteiger partial charge in [0.2, 0.25) is 10.0 Å². The zero-order valence-electron chi connectivity index (χ0n) is 10.5. The van der Waals surface area contributed by atoms with E-state index in [1.807, 2.05) is 0 Å². The number of hydrogen-bond donors (Lipinski definition) is 2. The summed E-state index contributed by atoms with van der Waals surface area (Å²) in [5, 5.41) is 4.70. The number of esters is 1. The Hall–Kier alpha value is -0.960. The van der Waals surface area contributed by atoms with Crippen LogP contribution in [0.15, 0.2) is 16.3 Å². The van der Waals surface area contributed by atoms with Gasteiger partial charge in [0.15, 0.2) is 0 Å². The van der Waals surface area contributed by atoms with Gasteiger partial charge in [0.05, 0.1) is 7.11 Å². The summed E-state index contributed by atoms with van der Waals surface area (Å²) in [5.74, 6) is -0.628. The second-order valence-electron chi connectivity index (χ2n) is 4.27. The minimum Gasteiger partial charge on any atom is -0.465 e. The van der Waals surface area contributed by atoms with Gasteiger partial charge in [-0.2, -0.15) is 0 Å². The second kappa shape index (κ2) is 6.00. The van der Waals surface area contributed by atoms with Gasteiger partial charge < -0.3 is 10.1 Å². The lowest BCUT2D eigenvalue weighted by Crippen LogP contribution is -2.45. The molecule has 1 aliphatic heterocycles. The van der Waals surface area contributed by atoms with Gasteiger partial charge in [0.25, 0.3) is 0 Å². The maximum absolute atomic E-state index is 12.3. The highest BCUT2D eigenvalue weighted by molar-refractivity contribution is 7.89. The summed E-state index contributed by atoms with van der Waals surface area (Å²) in [4.78, 5) is 11.6. The molecule has 0 radical (unpaired) electrons. The molecule has 2 heterocycles. The lowest BCUT2D eigenvalue weighted by Gasteiger charge is -2.23. The molecule has 0 unspecified atom stereocenters. The SMILES string of the molecule is COC(=O)c1sccc1S(=O)(=O)N[C@@H]1CCCNC1. The number of hydrogen-bond acceptors (Lipinski definition) is 6. The van der Waals surface area contributed by atoms with Crippen LogP contribution < -0.4 is 10.0 Å². The van der Waals surface area contributed by atoms with Gasteiger partial charge in [-0.1, -0.05) is 0 Å². The molecule has 8 heteroatoms. The normalized spacial score (nSPS) is 20.2. The van der Waals surface area contributed by atoms with E-state index in [0.29, 0.717) is 6.54 Å². The second-order valence-corrected chi connectivity index (χ2v) is 6.87. The van der Waals surface area contributed by atoms with Crippen LogP contribution >= 0.6 is 11.3 Å². The maximum atomic E-state index is 12.3. The van der Waals surface area contributed by atoms with Crippen LogP contribution in [0.1, 0.15) is 22.5 Å². The average Bonchev–Trinajstić information content (AvgIpc) is 2.88. The van der Waals surface area contributed by atoms with E-state index in [1.165, 1.54) is 13.2 Å². The van der Waals surface area contributed by atoms with Crippen molar-refractivity contribution < 1.29 is 17.9 Å². The molecule has 0 aromatic carbocycles. The molecule has 2 N–H and O–H groups in total. The molecule has 1 aliphatic rings. The van der Waals surface area contributed by atoms with Crippen LogP contribution in [0.5, 0.6) is 0 Å². The number of nitrogens with one attached hydrogen (secondary N) is 2. The third-order valence-electron chi connectivity index (χ3n) is 2.91. The predicted octanol–water partition coefficient (Wildman–Crippen LogP) is 0.565. The fraction of sp³-hybridized carbons (Fsp3) is 0.545. The number of methoxy groups -OCH3 is 1. The Bertz CT molecular complexity index is 547. The number of carbonyl (C=O) groups is 1. The first-order valence-electron chi connectivity index (χ1n) is 5.93. The number of rotatable bonds is 4. The zero-order chi connectivity index (χ0) is 13.9. The molecule has 1 aromatic rings. The number of ether oxygens (including phenoxy) is 1. The molecule has 0 aliphatic carbocycles. The zero-order valence-corrected chi connectivity index (χ0v) is 12.1. The van der Waals surface area contributed by atoms with E-state index in [4.69, 9.17) is 0 Å². The van der Waals surface area contributed by atoms with E-state index < -0.39 is 16.0 Å². The van der Waals surface area contributed by atoms with Crippen LogP contribution in [0.2, 0.25) is 0 Å². The topological polar surface area (TPSA) is 84.5 Å². The molecule has 1 aromatic heterocycles. The Labute approximate surface area is 116 Å². The summed E-state index contributed by atoms with van der Waals surface area (Å²) < 4.78 is 31.7. The first-order valence-corrected chi connectivity index (χ1v) is 8.30. The van der Waals surface area contributed by atoms with Gasteiger partial charge in [-0.25, -0.2) is 17.9 Å². The van der Waals surface area contributed by atoms with Gasteiger partial charge in [-0.3, -0.25) is 0 Å². The minimum absolute atomic E-state index is 0.00470. The van der Waals surface area contributed by atoms with E-state index in [-0.39, 0.29) is 15.8 Å². The number of thiophene rings is 1. The summed E-state index contributed by atoms with van der Waals surface area (Å²) >= 11 is 1.06. The van der Waals surface area contributed by atoms with E-state index in [9.17, 15) is 13.2 Å². The molecule has 1 atom stereocenters. The Kier molecular flexibility index (Phi) is 4.56. The van der Waals surface area contributed by atoms with E-state index in [0.717, 1.165) is 30.7 Å². The van der Waals surface area contributed by atoms with Gasteiger partial charge in [0.1, 0.15) is 9.77 Å². The first-order chi connectivity index (χ1) is 9.04. The monoisotopic (exact) mass is 304 g/mol. The molecular weight excluding hydrogens is 288 g/mol. The van der Waals surface area contributed by atoms with Crippen molar-refractivity contribution in [1.29, 1.82) is 0 Å². The van der Waals surface area contributed by atoms with Crippen LogP contribution in [0.3, 0.4) is 0 Å². The van der Waals surface area contributed by atoms with Crippen molar-refractivity contribution in [3.05, 3.63) is 16.3 Å². The number of piperidine rings is 1. The van der Waals surface area contributed by atoms with Crippen molar-refractivity contribution in [1.82, 2.24) is 10.0 Å². The van der Waals surface area contributed by atoms with Gasteiger partial charge in [-0.15, -0.1) is 11.3 Å². The third kappa shape index (κ3) is 3.33. The third-order valence-corrected chi connectivity index (χ3v) is 5.49. The molecular formula is C11H16N2O4S2. The van der Waals surface area contributed by atoms with E-state index >= 15 is 0 Å². The van der Waals surface area contributed by atoms with Gasteiger partial charge in [-0.05, 0) is 30.8 Å². The molecule has 0 bridgehead atoms. The quantitative estimate of drug-likeness (QED) is 0.794. The molecule has 2 rings (SSSR count). The molecule has 1 saturated heterocycles. The predicted molar refractivity (Wildman–Crippen MR) is 71.9 cm³/mol. The summed E-state index contributed by atoms with van der Waals surface area (Å²) in [5.41, 5.74) is 0. The van der Waals surface area contributed by atoms with Crippen LogP contribution in [0.25, 0.3) is 0 Å². The molecule has 0 spiro atoms. The van der Waals surface area contributed by atoms with Crippen LogP contribution in [-0.2, 0) is 14.8 Å². The van der Waals surface area contributed by atoms with Crippen molar-refractivity contribution in [2.75, 3.05) is 20.2 Å². The largest absolute Gasteiger partial charge is 0.465 e. The van der Waals surface area contributed by atoms with Crippen molar-refractivity contribution in [3.8, 4) is 0 Å². The Morgan fingerprint density at radius 1 is 1.58 bits per heavy atom. The Balaban J connectivity index is 2.19. The molecule has 1 fully saturated rings. The lowest BCUT2D eigenvalue weighted by molar-refractivity contribution is 0.0602. The summed E-state index contributed by atoms with van der Waals surface area (Å²) in [6.07, 6.45) is 1.73. The number of sulfonamides is 1. The highest BCUT2D eigenvalue weighted by atomic mass is 32.2. The first kappa shape index (κ1) is 14.4. The molecule has 6 nitrogen and oxygen atoms in total. The minimum atomic E-state index is -3.68. The molecule has 0 amide bonds. The Morgan fingerprint density at radius 3 is 3.00 bits per heavy atom. The van der Waals surface area contributed by atoms with Crippen molar-refractivity contribution in [2.24, 2.45) is 0 Å². The fourth-order valence-corrected chi connectivity index (χ4v) is 4.59. The van der Waals surface area contributed by atoms with Crippen LogP contribution in [0, 0.1) is 0 Å². The summed E-state index contributed by atoms with van der Waals surface area (Å²) in [6.45, 7) is 1.51. The summed E-state index contributed by atoms with van der Waals surface area (Å²) in [6, 6.07) is 1.29. The number of carbonyl (C=O) groups excluding carboxylic acids is 1. The molecule has 0 saturated carbocycles. The standard InChI is InChI=1S/C11H16N2O4S2/c1-17-11(14)10-9(4-6-18-10)19(15,16)13-8-3-2-5-12-7-8/h4,6,8,12-13H,2-3,5,7H2,1H3/t8-/m1/s1. The molecule has 106 valence electrons. The van der Waals surface area contributed by atoms with Crippen molar-refractivity contribution >= 4 is 27.3 Å². The molecule has 19 heavy (non-hydrogen) atoms. The van der Waals surface area contributed by atoms with Gasteiger partial charge in [0, 0.05) is 12.6 Å². The highest BCUT2D eigenvalue weighted by Crippen LogP contribution is 2.23. The Morgan fingerprint density at radius 2 is 2.37 bits per heavy atom. The maximum Gasteiger partial charge on any atom is 0.349 e. The van der Waals surface area contributed by atoms with E-state index in [1.54, 1.807) is 5.38 Å². The lowest BCUT2D eigenvalue weighted by atomic mass is 10.1.